The summed E-state index contributed by atoms with van der Waals surface area (Å²) in [4.78, 5) is 0. The summed E-state index contributed by atoms with van der Waals surface area (Å²) in [6, 6.07) is 0.608. The van der Waals surface area contributed by atoms with Gasteiger partial charge in [-0.2, -0.15) is 0 Å². The molecule has 0 aliphatic rings. The van der Waals surface area contributed by atoms with E-state index in [1.807, 2.05) is 0 Å². The molecule has 0 aromatic carbocycles. The molecule has 0 bridgehead atoms. The number of hydrogen-bond donors (Lipinski definition) is 1. The van der Waals surface area contributed by atoms with Gasteiger partial charge in [0.1, 0.15) is 0 Å². The molecule has 74 valence electrons. The lowest BCUT2D eigenvalue weighted by atomic mass is 9.84. The third kappa shape index (κ3) is 6.66. The zero-order chi connectivity index (χ0) is 9.78. The van der Waals surface area contributed by atoms with Gasteiger partial charge in [-0.25, -0.2) is 0 Å². The maximum atomic E-state index is 3.49. The van der Waals surface area contributed by atoms with E-state index in [0.29, 0.717) is 11.5 Å². The van der Waals surface area contributed by atoms with Gasteiger partial charge in [-0.1, -0.05) is 41.5 Å². The van der Waals surface area contributed by atoms with Gasteiger partial charge in [0.25, 0.3) is 0 Å². The van der Waals surface area contributed by atoms with Gasteiger partial charge in [-0.15, -0.1) is 0 Å². The fourth-order valence-corrected chi connectivity index (χ4v) is 1.66. The number of hydrogen-bond acceptors (Lipinski definition) is 1. The molecule has 0 rings (SSSR count). The summed E-state index contributed by atoms with van der Waals surface area (Å²) in [5.74, 6) is 0.800. The van der Waals surface area contributed by atoms with E-state index in [4.69, 9.17) is 0 Å². The molecule has 0 aromatic rings. The molecule has 12 heavy (non-hydrogen) atoms. The summed E-state index contributed by atoms with van der Waals surface area (Å²) in [7, 11) is 0. The fraction of sp³-hybridized carbons (Fsp3) is 1.00. The van der Waals surface area contributed by atoms with Crippen LogP contribution in [0, 0.1) is 11.3 Å². The molecule has 0 aromatic heterocycles. The van der Waals surface area contributed by atoms with Gasteiger partial charge in [0.2, 0.25) is 0 Å². The Balaban J connectivity index is 3.71. The summed E-state index contributed by atoms with van der Waals surface area (Å²) < 4.78 is 0. The molecule has 1 nitrogen and oxygen atoms in total. The molecule has 0 atom stereocenters. The van der Waals surface area contributed by atoms with Crippen molar-refractivity contribution >= 4 is 0 Å². The number of nitrogens with one attached hydrogen (secondary N) is 1. The lowest BCUT2D eigenvalue weighted by Gasteiger charge is -2.28. The molecule has 0 heterocycles. The van der Waals surface area contributed by atoms with Crippen molar-refractivity contribution in [2.75, 3.05) is 6.54 Å². The molecule has 1 heteroatoms. The Morgan fingerprint density at radius 3 is 1.92 bits per heavy atom. The number of rotatable bonds is 5. The minimum Gasteiger partial charge on any atom is -0.314 e. The molecule has 0 saturated carbocycles. The second kappa shape index (κ2) is 4.86. The predicted octanol–water partition coefficient (Wildman–Crippen LogP) is 3.06. The Bertz CT molecular complexity index is 114. The summed E-state index contributed by atoms with van der Waals surface area (Å²) in [5, 5.41) is 3.49. The van der Waals surface area contributed by atoms with Crippen molar-refractivity contribution in [3.05, 3.63) is 0 Å². The lowest BCUT2D eigenvalue weighted by molar-refractivity contribution is 0.266. The van der Waals surface area contributed by atoms with Crippen molar-refractivity contribution in [2.45, 2.75) is 54.0 Å². The average Bonchev–Trinajstić information content (AvgIpc) is 1.81. The smallest absolute Gasteiger partial charge is 0.00106 e. The highest BCUT2D eigenvalue weighted by atomic mass is 14.9. The van der Waals surface area contributed by atoms with Crippen molar-refractivity contribution in [1.29, 1.82) is 0 Å². The topological polar surface area (TPSA) is 12.0 Å². The molecular formula is C11H25N. The molecular weight excluding hydrogens is 146 g/mol. The average molecular weight is 171 g/mol. The van der Waals surface area contributed by atoms with Crippen molar-refractivity contribution in [3.8, 4) is 0 Å². The van der Waals surface area contributed by atoms with E-state index in [9.17, 15) is 0 Å². The van der Waals surface area contributed by atoms with E-state index in [0.717, 1.165) is 12.5 Å². The first-order chi connectivity index (χ1) is 5.33. The standard InChI is InChI=1S/C11H25N/c1-9(2)7-11(5,6)8-12-10(3)4/h9-10,12H,7-8H2,1-6H3. The van der Waals surface area contributed by atoms with Crippen LogP contribution in [0.5, 0.6) is 0 Å². The SMILES string of the molecule is CC(C)CC(C)(C)CNC(C)C. The van der Waals surface area contributed by atoms with Crippen LogP contribution in [-0.2, 0) is 0 Å². The zero-order valence-electron chi connectivity index (χ0n) is 9.57. The van der Waals surface area contributed by atoms with Crippen LogP contribution in [0.1, 0.15) is 48.0 Å². The van der Waals surface area contributed by atoms with Gasteiger partial charge in [-0.05, 0) is 17.8 Å². The van der Waals surface area contributed by atoms with Crippen molar-refractivity contribution in [3.63, 3.8) is 0 Å². The van der Waals surface area contributed by atoms with E-state index >= 15 is 0 Å². The van der Waals surface area contributed by atoms with E-state index in [-0.39, 0.29) is 0 Å². The highest BCUT2D eigenvalue weighted by Gasteiger charge is 2.18. The third-order valence-electron chi connectivity index (χ3n) is 1.95. The Morgan fingerprint density at radius 1 is 1.08 bits per heavy atom. The van der Waals surface area contributed by atoms with E-state index in [2.05, 4.69) is 46.9 Å². The molecule has 1 N–H and O–H groups in total. The van der Waals surface area contributed by atoms with Gasteiger partial charge in [0.05, 0.1) is 0 Å². The van der Waals surface area contributed by atoms with Crippen LogP contribution in [0.4, 0.5) is 0 Å². The maximum absolute atomic E-state index is 3.49. The largest absolute Gasteiger partial charge is 0.314 e. The van der Waals surface area contributed by atoms with Crippen LogP contribution >= 0.6 is 0 Å². The Hall–Kier alpha value is -0.0400. The van der Waals surface area contributed by atoms with Crippen LogP contribution in [0.3, 0.4) is 0 Å². The first kappa shape index (κ1) is 12.0. The molecule has 0 radical (unpaired) electrons. The monoisotopic (exact) mass is 171 g/mol. The minimum atomic E-state index is 0.443. The van der Waals surface area contributed by atoms with Gasteiger partial charge >= 0.3 is 0 Å². The molecule has 0 aliphatic carbocycles. The molecule has 0 aliphatic heterocycles. The Morgan fingerprint density at radius 2 is 1.58 bits per heavy atom. The van der Waals surface area contributed by atoms with Gasteiger partial charge in [0.15, 0.2) is 0 Å². The quantitative estimate of drug-likeness (QED) is 0.670. The highest BCUT2D eigenvalue weighted by Crippen LogP contribution is 2.24. The maximum Gasteiger partial charge on any atom is 0.00106 e. The van der Waals surface area contributed by atoms with Gasteiger partial charge in [-0.3, -0.25) is 0 Å². The van der Waals surface area contributed by atoms with Crippen LogP contribution < -0.4 is 5.32 Å². The lowest BCUT2D eigenvalue weighted by Crippen LogP contribution is -2.34. The van der Waals surface area contributed by atoms with Crippen LogP contribution in [0.25, 0.3) is 0 Å². The van der Waals surface area contributed by atoms with Gasteiger partial charge in [0, 0.05) is 12.6 Å². The molecule has 0 spiro atoms. The second-order valence-corrected chi connectivity index (χ2v) is 5.30. The summed E-state index contributed by atoms with van der Waals surface area (Å²) in [6.07, 6.45) is 1.30. The van der Waals surface area contributed by atoms with Crippen molar-refractivity contribution in [1.82, 2.24) is 5.32 Å². The molecule has 0 fully saturated rings. The van der Waals surface area contributed by atoms with Crippen LogP contribution in [0.15, 0.2) is 0 Å². The van der Waals surface area contributed by atoms with E-state index < -0.39 is 0 Å². The first-order valence-corrected chi connectivity index (χ1v) is 5.07. The molecule has 0 unspecified atom stereocenters. The molecule has 0 saturated heterocycles. The summed E-state index contributed by atoms with van der Waals surface area (Å²) in [6.45, 7) is 14.8. The van der Waals surface area contributed by atoms with E-state index in [1.54, 1.807) is 0 Å². The Kier molecular flexibility index (Phi) is 4.84. The zero-order valence-corrected chi connectivity index (χ0v) is 9.57. The predicted molar refractivity (Wildman–Crippen MR) is 56.4 cm³/mol. The summed E-state index contributed by atoms with van der Waals surface area (Å²) in [5.41, 5.74) is 0.443. The first-order valence-electron chi connectivity index (χ1n) is 5.07. The van der Waals surface area contributed by atoms with Crippen molar-refractivity contribution < 1.29 is 0 Å². The second-order valence-electron chi connectivity index (χ2n) is 5.30. The fourth-order valence-electron chi connectivity index (χ4n) is 1.66. The Labute approximate surface area is 77.9 Å². The molecule has 0 amide bonds. The minimum absolute atomic E-state index is 0.443. The normalized spacial score (nSPS) is 13.0. The third-order valence-corrected chi connectivity index (χ3v) is 1.95. The summed E-state index contributed by atoms with van der Waals surface area (Å²) >= 11 is 0. The highest BCUT2D eigenvalue weighted by molar-refractivity contribution is 4.73. The van der Waals surface area contributed by atoms with Crippen molar-refractivity contribution in [2.24, 2.45) is 11.3 Å². The van der Waals surface area contributed by atoms with Crippen LogP contribution in [-0.4, -0.2) is 12.6 Å². The van der Waals surface area contributed by atoms with Gasteiger partial charge < -0.3 is 5.32 Å². The van der Waals surface area contributed by atoms with Crippen LogP contribution in [0.2, 0.25) is 0 Å². The van der Waals surface area contributed by atoms with E-state index in [1.165, 1.54) is 6.42 Å².